The average molecular weight is 255 g/mol. The van der Waals surface area contributed by atoms with Crippen molar-refractivity contribution in [1.82, 2.24) is 9.97 Å². The lowest BCUT2D eigenvalue weighted by Crippen LogP contribution is -2.38. The average Bonchev–Trinajstić information content (AvgIpc) is 2.85. The maximum absolute atomic E-state index is 5.38. The smallest absolute Gasteiger partial charge is 0.231 e. The van der Waals surface area contributed by atoms with E-state index in [0.717, 1.165) is 41.7 Å². The summed E-state index contributed by atoms with van der Waals surface area (Å²) in [5, 5.41) is 0. The predicted molar refractivity (Wildman–Crippen MR) is 70.4 cm³/mol. The molecular formula is C14H13N3O2. The van der Waals surface area contributed by atoms with Crippen LogP contribution in [0, 0.1) is 0 Å². The van der Waals surface area contributed by atoms with E-state index in [9.17, 15) is 0 Å². The fraction of sp³-hybridized carbons (Fsp3) is 0.286. The minimum absolute atomic E-state index is 0.295. The van der Waals surface area contributed by atoms with Crippen LogP contribution in [-0.2, 0) is 0 Å². The van der Waals surface area contributed by atoms with Crippen molar-refractivity contribution in [1.29, 1.82) is 0 Å². The van der Waals surface area contributed by atoms with Crippen molar-refractivity contribution in [2.75, 3.05) is 24.8 Å². The monoisotopic (exact) mass is 255 g/mol. The number of nitrogens with zero attached hydrogens (tertiary/aromatic N) is 3. The van der Waals surface area contributed by atoms with Gasteiger partial charge in [0, 0.05) is 31.0 Å². The van der Waals surface area contributed by atoms with Crippen LogP contribution in [0.15, 0.2) is 30.6 Å². The van der Waals surface area contributed by atoms with Crippen molar-refractivity contribution in [3.05, 3.63) is 30.6 Å². The van der Waals surface area contributed by atoms with Gasteiger partial charge in [0.05, 0.1) is 0 Å². The van der Waals surface area contributed by atoms with Crippen molar-refractivity contribution in [3.8, 4) is 22.6 Å². The highest BCUT2D eigenvalue weighted by molar-refractivity contribution is 5.66. The second kappa shape index (κ2) is 4.12. The summed E-state index contributed by atoms with van der Waals surface area (Å²) in [6.45, 7) is 2.41. The lowest BCUT2D eigenvalue weighted by atomic mass is 10.1. The van der Waals surface area contributed by atoms with E-state index in [-0.39, 0.29) is 0 Å². The Balaban J connectivity index is 1.64. The Hall–Kier alpha value is -2.30. The number of aromatic nitrogens is 2. The lowest BCUT2D eigenvalue weighted by Gasteiger charge is -2.30. The number of hydrogen-bond donors (Lipinski definition) is 0. The summed E-state index contributed by atoms with van der Waals surface area (Å²) in [5.74, 6) is 2.39. The van der Waals surface area contributed by atoms with E-state index < -0.39 is 0 Å². The molecule has 4 rings (SSSR count). The van der Waals surface area contributed by atoms with Crippen LogP contribution in [-0.4, -0.2) is 29.9 Å². The van der Waals surface area contributed by atoms with Gasteiger partial charge in [-0.05, 0) is 24.1 Å². The van der Waals surface area contributed by atoms with Gasteiger partial charge in [0.15, 0.2) is 11.5 Å². The van der Waals surface area contributed by atoms with Crippen molar-refractivity contribution in [2.24, 2.45) is 0 Å². The zero-order valence-corrected chi connectivity index (χ0v) is 10.4. The van der Waals surface area contributed by atoms with E-state index >= 15 is 0 Å². The summed E-state index contributed by atoms with van der Waals surface area (Å²) in [5.41, 5.74) is 2.03. The predicted octanol–water partition coefficient (Wildman–Crippen LogP) is 2.08. The second-order valence-corrected chi connectivity index (χ2v) is 4.68. The first-order valence-corrected chi connectivity index (χ1v) is 6.37. The Morgan fingerprint density at radius 3 is 2.47 bits per heavy atom. The van der Waals surface area contributed by atoms with Crippen molar-refractivity contribution < 1.29 is 9.47 Å². The van der Waals surface area contributed by atoms with Gasteiger partial charge in [0.25, 0.3) is 0 Å². The second-order valence-electron chi connectivity index (χ2n) is 4.68. The van der Waals surface area contributed by atoms with E-state index in [1.807, 2.05) is 30.6 Å². The zero-order chi connectivity index (χ0) is 12.7. The van der Waals surface area contributed by atoms with E-state index in [2.05, 4.69) is 14.9 Å². The van der Waals surface area contributed by atoms with E-state index in [0.29, 0.717) is 6.79 Å². The highest BCUT2D eigenvalue weighted by Gasteiger charge is 2.17. The van der Waals surface area contributed by atoms with Gasteiger partial charge in [-0.1, -0.05) is 6.07 Å². The Morgan fingerprint density at radius 1 is 0.947 bits per heavy atom. The Kier molecular flexibility index (Phi) is 2.30. The molecule has 0 atom stereocenters. The molecule has 0 N–H and O–H groups in total. The highest BCUT2D eigenvalue weighted by atomic mass is 16.7. The minimum Gasteiger partial charge on any atom is -0.454 e. The molecule has 96 valence electrons. The Labute approximate surface area is 110 Å². The van der Waals surface area contributed by atoms with Crippen molar-refractivity contribution >= 4 is 5.95 Å². The summed E-state index contributed by atoms with van der Waals surface area (Å²) in [4.78, 5) is 11.0. The highest BCUT2D eigenvalue weighted by Crippen LogP contribution is 2.35. The van der Waals surface area contributed by atoms with Crippen LogP contribution in [0.3, 0.4) is 0 Å². The van der Waals surface area contributed by atoms with Gasteiger partial charge in [-0.2, -0.15) is 0 Å². The molecule has 3 heterocycles. The molecule has 1 fully saturated rings. The van der Waals surface area contributed by atoms with Gasteiger partial charge in [0.2, 0.25) is 12.7 Å². The molecule has 0 amide bonds. The summed E-state index contributed by atoms with van der Waals surface area (Å²) in [7, 11) is 0. The molecule has 5 nitrogen and oxygen atoms in total. The summed E-state index contributed by atoms with van der Waals surface area (Å²) in [6, 6.07) is 5.88. The molecule has 0 saturated carbocycles. The molecule has 1 aromatic heterocycles. The first-order valence-electron chi connectivity index (χ1n) is 6.37. The quantitative estimate of drug-likeness (QED) is 0.822. The third-order valence-electron chi connectivity index (χ3n) is 3.48. The topological polar surface area (TPSA) is 47.5 Å². The number of benzene rings is 1. The third-order valence-corrected chi connectivity index (χ3v) is 3.48. The van der Waals surface area contributed by atoms with E-state index in [4.69, 9.17) is 9.47 Å². The van der Waals surface area contributed by atoms with Crippen LogP contribution in [0.2, 0.25) is 0 Å². The molecule has 0 spiro atoms. The minimum atomic E-state index is 0.295. The molecular weight excluding hydrogens is 242 g/mol. The SMILES string of the molecule is c1cc2c(cc1-c1cnc(N3CCC3)nc1)OCO2. The fourth-order valence-electron chi connectivity index (χ4n) is 2.23. The maximum Gasteiger partial charge on any atom is 0.231 e. The lowest BCUT2D eigenvalue weighted by molar-refractivity contribution is 0.174. The number of rotatable bonds is 2. The molecule has 1 saturated heterocycles. The standard InChI is InChI=1S/C14H13N3O2/c1-4-17(5-1)14-15-7-11(8-16-14)10-2-3-12-13(6-10)19-9-18-12/h2-3,6-8H,1,4-5,9H2. The molecule has 0 unspecified atom stereocenters. The summed E-state index contributed by atoms with van der Waals surface area (Å²) < 4.78 is 10.7. The third kappa shape index (κ3) is 1.78. The first-order chi connectivity index (χ1) is 9.40. The number of anilines is 1. The molecule has 19 heavy (non-hydrogen) atoms. The van der Waals surface area contributed by atoms with Gasteiger partial charge in [-0.25, -0.2) is 9.97 Å². The van der Waals surface area contributed by atoms with Crippen LogP contribution in [0.25, 0.3) is 11.1 Å². The summed E-state index contributed by atoms with van der Waals surface area (Å²) >= 11 is 0. The molecule has 2 aromatic rings. The molecule has 1 aromatic carbocycles. The Bertz CT molecular complexity index is 609. The normalized spacial score (nSPS) is 16.3. The van der Waals surface area contributed by atoms with Gasteiger partial charge >= 0.3 is 0 Å². The molecule has 0 bridgehead atoms. The van der Waals surface area contributed by atoms with Crippen LogP contribution < -0.4 is 14.4 Å². The van der Waals surface area contributed by atoms with Crippen molar-refractivity contribution in [3.63, 3.8) is 0 Å². The summed E-state index contributed by atoms with van der Waals surface area (Å²) in [6.07, 6.45) is 4.95. The van der Waals surface area contributed by atoms with Gasteiger partial charge < -0.3 is 14.4 Å². The molecule has 0 aliphatic carbocycles. The van der Waals surface area contributed by atoms with Gasteiger partial charge in [0.1, 0.15) is 0 Å². The van der Waals surface area contributed by atoms with E-state index in [1.54, 1.807) is 0 Å². The molecule has 0 radical (unpaired) electrons. The maximum atomic E-state index is 5.38. The Morgan fingerprint density at radius 2 is 1.74 bits per heavy atom. The largest absolute Gasteiger partial charge is 0.454 e. The molecule has 2 aliphatic heterocycles. The number of fused-ring (bicyclic) bond motifs is 1. The van der Waals surface area contributed by atoms with Crippen LogP contribution in [0.1, 0.15) is 6.42 Å². The van der Waals surface area contributed by atoms with E-state index in [1.165, 1.54) is 6.42 Å². The van der Waals surface area contributed by atoms with Gasteiger partial charge in [-0.3, -0.25) is 0 Å². The van der Waals surface area contributed by atoms with Crippen molar-refractivity contribution in [2.45, 2.75) is 6.42 Å². The fourth-order valence-corrected chi connectivity index (χ4v) is 2.23. The number of ether oxygens (including phenoxy) is 2. The zero-order valence-electron chi connectivity index (χ0n) is 10.4. The molecule has 2 aliphatic rings. The first kappa shape index (κ1) is 10.6. The number of hydrogen-bond acceptors (Lipinski definition) is 5. The van der Waals surface area contributed by atoms with Crippen LogP contribution in [0.4, 0.5) is 5.95 Å². The molecule has 5 heteroatoms. The van der Waals surface area contributed by atoms with Crippen LogP contribution >= 0.6 is 0 Å². The van der Waals surface area contributed by atoms with Gasteiger partial charge in [-0.15, -0.1) is 0 Å². The van der Waals surface area contributed by atoms with Crippen LogP contribution in [0.5, 0.6) is 11.5 Å².